The highest BCUT2D eigenvalue weighted by Gasteiger charge is 2.14. The number of H-pyrrole nitrogens is 1. The standard InChI is InChI=1S/C15H16N4O2.ClH/c1-9(16-2)7-13-18-15(21-19-13)11-8-10-5-3-4-6-12(10)17-14(11)20;/h3-6,8-9,16H,7H2,1-2H3,(H,17,20);1H. The Balaban J connectivity index is 0.00000176. The van der Waals surface area contributed by atoms with Crippen LogP contribution < -0.4 is 10.9 Å². The first kappa shape index (κ1) is 16.2. The van der Waals surface area contributed by atoms with Gasteiger partial charge in [-0.3, -0.25) is 4.79 Å². The summed E-state index contributed by atoms with van der Waals surface area (Å²) >= 11 is 0. The molecule has 7 heteroatoms. The molecule has 0 bridgehead atoms. The summed E-state index contributed by atoms with van der Waals surface area (Å²) in [5.41, 5.74) is 0.949. The van der Waals surface area contributed by atoms with Gasteiger partial charge in [-0.1, -0.05) is 23.4 Å². The molecule has 0 fully saturated rings. The van der Waals surface area contributed by atoms with Crippen molar-refractivity contribution in [3.8, 4) is 11.5 Å². The minimum absolute atomic E-state index is 0. The van der Waals surface area contributed by atoms with E-state index in [1.165, 1.54) is 0 Å². The van der Waals surface area contributed by atoms with Gasteiger partial charge in [0.15, 0.2) is 5.82 Å². The topological polar surface area (TPSA) is 83.8 Å². The fraction of sp³-hybridized carbons (Fsp3) is 0.267. The minimum atomic E-state index is -0.231. The van der Waals surface area contributed by atoms with E-state index in [1.54, 1.807) is 6.07 Å². The Morgan fingerprint density at radius 1 is 1.36 bits per heavy atom. The number of aromatic nitrogens is 3. The smallest absolute Gasteiger partial charge is 0.263 e. The van der Waals surface area contributed by atoms with Gasteiger partial charge < -0.3 is 14.8 Å². The molecule has 1 atom stereocenters. The van der Waals surface area contributed by atoms with Gasteiger partial charge in [-0.25, -0.2) is 0 Å². The molecule has 116 valence electrons. The molecule has 0 saturated heterocycles. The number of fused-ring (bicyclic) bond motifs is 1. The van der Waals surface area contributed by atoms with E-state index in [-0.39, 0.29) is 29.9 Å². The summed E-state index contributed by atoms with van der Waals surface area (Å²) < 4.78 is 5.22. The van der Waals surface area contributed by atoms with Crippen LogP contribution in [-0.4, -0.2) is 28.2 Å². The largest absolute Gasteiger partial charge is 0.334 e. The molecule has 3 rings (SSSR count). The summed E-state index contributed by atoms with van der Waals surface area (Å²) in [5, 5.41) is 7.96. The van der Waals surface area contributed by atoms with E-state index in [0.29, 0.717) is 17.8 Å². The number of aromatic amines is 1. The Kier molecular flexibility index (Phi) is 4.95. The lowest BCUT2D eigenvalue weighted by atomic mass is 10.1. The van der Waals surface area contributed by atoms with Crippen molar-refractivity contribution in [2.75, 3.05) is 7.05 Å². The molecule has 0 aliphatic heterocycles. The van der Waals surface area contributed by atoms with Crippen molar-refractivity contribution in [3.63, 3.8) is 0 Å². The number of halogens is 1. The van der Waals surface area contributed by atoms with Crippen LogP contribution in [0.5, 0.6) is 0 Å². The summed E-state index contributed by atoms with van der Waals surface area (Å²) in [6.45, 7) is 2.03. The zero-order valence-electron chi connectivity index (χ0n) is 12.3. The summed E-state index contributed by atoms with van der Waals surface area (Å²) in [6.07, 6.45) is 0.644. The lowest BCUT2D eigenvalue weighted by Gasteiger charge is -2.04. The van der Waals surface area contributed by atoms with Crippen LogP contribution in [0.1, 0.15) is 12.7 Å². The van der Waals surface area contributed by atoms with Crippen LogP contribution in [0, 0.1) is 0 Å². The molecular weight excluding hydrogens is 304 g/mol. The first-order valence-electron chi connectivity index (χ1n) is 6.79. The summed E-state index contributed by atoms with van der Waals surface area (Å²) in [5.74, 6) is 0.833. The maximum absolute atomic E-state index is 12.1. The van der Waals surface area contributed by atoms with E-state index < -0.39 is 0 Å². The fourth-order valence-corrected chi connectivity index (χ4v) is 2.13. The third-order valence-corrected chi connectivity index (χ3v) is 3.43. The molecule has 0 amide bonds. The second kappa shape index (κ2) is 6.72. The van der Waals surface area contributed by atoms with Gasteiger partial charge in [0, 0.05) is 18.0 Å². The molecule has 2 heterocycles. The van der Waals surface area contributed by atoms with Gasteiger partial charge in [-0.15, -0.1) is 12.4 Å². The van der Waals surface area contributed by atoms with E-state index in [9.17, 15) is 4.79 Å². The molecular formula is C15H17ClN4O2. The van der Waals surface area contributed by atoms with Gasteiger partial charge in [-0.2, -0.15) is 4.98 Å². The lowest BCUT2D eigenvalue weighted by molar-refractivity contribution is 0.418. The second-order valence-corrected chi connectivity index (χ2v) is 5.01. The average Bonchev–Trinajstić information content (AvgIpc) is 2.94. The normalized spacial score (nSPS) is 12.1. The van der Waals surface area contributed by atoms with Crippen LogP contribution in [-0.2, 0) is 6.42 Å². The molecule has 0 spiro atoms. The van der Waals surface area contributed by atoms with E-state index in [1.807, 2.05) is 38.2 Å². The van der Waals surface area contributed by atoms with Gasteiger partial charge in [-0.05, 0) is 31.5 Å². The van der Waals surface area contributed by atoms with Crippen molar-refractivity contribution in [1.82, 2.24) is 20.4 Å². The van der Waals surface area contributed by atoms with Gasteiger partial charge in [0.1, 0.15) is 5.56 Å². The minimum Gasteiger partial charge on any atom is -0.334 e. The van der Waals surface area contributed by atoms with Crippen LogP contribution in [0.25, 0.3) is 22.4 Å². The van der Waals surface area contributed by atoms with Crippen LogP contribution >= 0.6 is 12.4 Å². The Morgan fingerprint density at radius 3 is 2.91 bits per heavy atom. The Bertz CT molecular complexity index is 828. The van der Waals surface area contributed by atoms with E-state index in [4.69, 9.17) is 4.52 Å². The molecule has 2 aromatic heterocycles. The molecule has 1 aromatic carbocycles. The Morgan fingerprint density at radius 2 is 2.14 bits per heavy atom. The number of rotatable bonds is 4. The quantitative estimate of drug-likeness (QED) is 0.769. The molecule has 0 aliphatic carbocycles. The monoisotopic (exact) mass is 320 g/mol. The van der Waals surface area contributed by atoms with Gasteiger partial charge in [0.25, 0.3) is 11.4 Å². The first-order chi connectivity index (χ1) is 10.2. The molecule has 0 aliphatic rings. The zero-order valence-corrected chi connectivity index (χ0v) is 13.1. The van der Waals surface area contributed by atoms with E-state index in [0.717, 1.165) is 10.9 Å². The Hall–Kier alpha value is -2.18. The van der Waals surface area contributed by atoms with Gasteiger partial charge in [0.05, 0.1) is 0 Å². The highest BCUT2D eigenvalue weighted by Crippen LogP contribution is 2.18. The predicted octanol–water partition coefficient (Wildman–Crippen LogP) is 2.15. The number of pyridine rings is 1. The third kappa shape index (κ3) is 3.18. The average molecular weight is 321 g/mol. The fourth-order valence-electron chi connectivity index (χ4n) is 2.13. The summed E-state index contributed by atoms with van der Waals surface area (Å²) in [4.78, 5) is 19.2. The SMILES string of the molecule is CNC(C)Cc1noc(-c2cc3ccccc3[nH]c2=O)n1.Cl. The number of hydrogen-bond donors (Lipinski definition) is 2. The van der Waals surface area contributed by atoms with Crippen molar-refractivity contribution in [1.29, 1.82) is 0 Å². The van der Waals surface area contributed by atoms with Gasteiger partial charge >= 0.3 is 0 Å². The van der Waals surface area contributed by atoms with Crippen molar-refractivity contribution in [2.24, 2.45) is 0 Å². The third-order valence-electron chi connectivity index (χ3n) is 3.43. The number of likely N-dealkylation sites (N-methyl/N-ethyl adjacent to an activating group) is 1. The van der Waals surface area contributed by atoms with Crippen LogP contribution in [0.2, 0.25) is 0 Å². The van der Waals surface area contributed by atoms with Crippen molar-refractivity contribution in [2.45, 2.75) is 19.4 Å². The summed E-state index contributed by atoms with van der Waals surface area (Å²) in [7, 11) is 1.87. The molecule has 0 radical (unpaired) electrons. The number of benzene rings is 1. The molecule has 22 heavy (non-hydrogen) atoms. The van der Waals surface area contributed by atoms with Crippen molar-refractivity contribution >= 4 is 23.3 Å². The predicted molar refractivity (Wildman–Crippen MR) is 87.3 cm³/mol. The van der Waals surface area contributed by atoms with E-state index in [2.05, 4.69) is 20.4 Å². The maximum Gasteiger partial charge on any atom is 0.263 e. The van der Waals surface area contributed by atoms with Crippen LogP contribution in [0.4, 0.5) is 0 Å². The van der Waals surface area contributed by atoms with Crippen LogP contribution in [0.15, 0.2) is 39.6 Å². The summed E-state index contributed by atoms with van der Waals surface area (Å²) in [6, 6.07) is 9.58. The maximum atomic E-state index is 12.1. The van der Waals surface area contributed by atoms with Gasteiger partial charge in [0.2, 0.25) is 0 Å². The molecule has 2 N–H and O–H groups in total. The molecule has 3 aromatic rings. The Labute approximate surface area is 133 Å². The highest BCUT2D eigenvalue weighted by atomic mass is 35.5. The number of hydrogen-bond acceptors (Lipinski definition) is 5. The number of nitrogens with one attached hydrogen (secondary N) is 2. The highest BCUT2D eigenvalue weighted by molar-refractivity contribution is 5.85. The van der Waals surface area contributed by atoms with Crippen molar-refractivity contribution < 1.29 is 4.52 Å². The second-order valence-electron chi connectivity index (χ2n) is 5.01. The van der Waals surface area contributed by atoms with Crippen LogP contribution in [0.3, 0.4) is 0 Å². The molecule has 1 unspecified atom stereocenters. The molecule has 6 nitrogen and oxygen atoms in total. The van der Waals surface area contributed by atoms with E-state index >= 15 is 0 Å². The number of nitrogens with zero attached hydrogens (tertiary/aromatic N) is 2. The number of para-hydroxylation sites is 1. The van der Waals surface area contributed by atoms with Crippen molar-refractivity contribution in [3.05, 3.63) is 46.5 Å². The first-order valence-corrected chi connectivity index (χ1v) is 6.79. The molecule has 0 saturated carbocycles. The lowest BCUT2D eigenvalue weighted by Crippen LogP contribution is -2.24. The zero-order chi connectivity index (χ0) is 14.8.